The summed E-state index contributed by atoms with van der Waals surface area (Å²) in [5.74, 6) is 1.00. The van der Waals surface area contributed by atoms with Crippen molar-refractivity contribution in [1.29, 1.82) is 0 Å². The Morgan fingerprint density at radius 1 is 1.21 bits per heavy atom. The van der Waals surface area contributed by atoms with Crippen LogP contribution in [0.3, 0.4) is 0 Å². The van der Waals surface area contributed by atoms with Crippen LogP contribution in [0.15, 0.2) is 45.6 Å². The van der Waals surface area contributed by atoms with Crippen LogP contribution in [0.25, 0.3) is 0 Å². The molecule has 3 rings (SSSR count). The van der Waals surface area contributed by atoms with Gasteiger partial charge in [0, 0.05) is 26.2 Å². The molecule has 3 heterocycles. The van der Waals surface area contributed by atoms with Gasteiger partial charge in [0.15, 0.2) is 5.76 Å². The van der Waals surface area contributed by atoms with E-state index in [-0.39, 0.29) is 18.0 Å². The first kappa shape index (κ1) is 16.2. The molecule has 0 radical (unpaired) electrons. The number of carbonyl (C=O) groups is 2. The summed E-state index contributed by atoms with van der Waals surface area (Å²) < 4.78 is 10.4. The van der Waals surface area contributed by atoms with Crippen molar-refractivity contribution < 1.29 is 18.4 Å². The van der Waals surface area contributed by atoms with Gasteiger partial charge in [-0.15, -0.1) is 0 Å². The second-order valence-electron chi connectivity index (χ2n) is 5.93. The van der Waals surface area contributed by atoms with Gasteiger partial charge in [-0.05, 0) is 37.1 Å². The van der Waals surface area contributed by atoms with Crippen molar-refractivity contribution in [2.45, 2.75) is 25.4 Å². The van der Waals surface area contributed by atoms with Crippen molar-refractivity contribution in [2.24, 2.45) is 0 Å². The number of hydrogen-bond donors (Lipinski definition) is 1. The molecule has 0 atom stereocenters. The molecule has 128 valence electrons. The van der Waals surface area contributed by atoms with Crippen molar-refractivity contribution in [1.82, 2.24) is 15.1 Å². The maximum absolute atomic E-state index is 12.2. The summed E-state index contributed by atoms with van der Waals surface area (Å²) >= 11 is 0. The van der Waals surface area contributed by atoms with E-state index in [0.717, 1.165) is 18.6 Å². The fraction of sp³-hybridized carbons (Fsp3) is 0.412. The van der Waals surface area contributed by atoms with Crippen LogP contribution in [-0.4, -0.2) is 47.9 Å². The fourth-order valence-corrected chi connectivity index (χ4v) is 2.78. The zero-order valence-corrected chi connectivity index (χ0v) is 13.6. The number of piperidine rings is 1. The summed E-state index contributed by atoms with van der Waals surface area (Å²) in [5, 5.41) is 3.01. The van der Waals surface area contributed by atoms with Gasteiger partial charge in [0.1, 0.15) is 5.76 Å². The maximum atomic E-state index is 12.2. The van der Waals surface area contributed by atoms with Gasteiger partial charge in [0.05, 0.1) is 19.1 Å². The lowest BCUT2D eigenvalue weighted by molar-refractivity contribution is 0.0674. The van der Waals surface area contributed by atoms with Crippen molar-refractivity contribution in [3.8, 4) is 0 Å². The predicted molar refractivity (Wildman–Crippen MR) is 86.3 cm³/mol. The molecular formula is C17H21N3O4. The van der Waals surface area contributed by atoms with E-state index in [1.165, 1.54) is 6.26 Å². The Morgan fingerprint density at radius 2 is 1.92 bits per heavy atom. The smallest absolute Gasteiger partial charge is 0.317 e. The first-order chi connectivity index (χ1) is 11.6. The fourth-order valence-electron chi connectivity index (χ4n) is 2.78. The Kier molecular flexibility index (Phi) is 4.88. The highest BCUT2D eigenvalue weighted by Crippen LogP contribution is 2.15. The molecule has 0 unspecified atom stereocenters. The Labute approximate surface area is 140 Å². The summed E-state index contributed by atoms with van der Waals surface area (Å²) in [7, 11) is 1.73. The van der Waals surface area contributed by atoms with E-state index < -0.39 is 0 Å². The Balaban J connectivity index is 1.45. The van der Waals surface area contributed by atoms with Crippen molar-refractivity contribution >= 4 is 11.9 Å². The molecular weight excluding hydrogens is 310 g/mol. The van der Waals surface area contributed by atoms with Gasteiger partial charge in [-0.25, -0.2) is 4.79 Å². The van der Waals surface area contributed by atoms with Crippen LogP contribution < -0.4 is 5.32 Å². The molecule has 0 aliphatic carbocycles. The van der Waals surface area contributed by atoms with Gasteiger partial charge in [-0.2, -0.15) is 0 Å². The first-order valence-electron chi connectivity index (χ1n) is 8.00. The van der Waals surface area contributed by atoms with Crippen LogP contribution in [0.4, 0.5) is 4.79 Å². The quantitative estimate of drug-likeness (QED) is 0.932. The molecule has 0 spiro atoms. The highest BCUT2D eigenvalue weighted by molar-refractivity contribution is 5.91. The second kappa shape index (κ2) is 7.25. The van der Waals surface area contributed by atoms with E-state index in [0.29, 0.717) is 25.4 Å². The van der Waals surface area contributed by atoms with Gasteiger partial charge in [-0.3, -0.25) is 4.79 Å². The maximum Gasteiger partial charge on any atom is 0.317 e. The zero-order valence-electron chi connectivity index (χ0n) is 13.6. The molecule has 1 aliphatic heterocycles. The van der Waals surface area contributed by atoms with Crippen LogP contribution >= 0.6 is 0 Å². The molecule has 7 nitrogen and oxygen atoms in total. The highest BCUT2D eigenvalue weighted by Gasteiger charge is 2.26. The lowest BCUT2D eigenvalue weighted by atomic mass is 10.0. The van der Waals surface area contributed by atoms with E-state index in [1.807, 2.05) is 6.07 Å². The minimum atomic E-state index is -0.137. The standard InChI is InChI=1S/C17H21N3O4/c1-19(12-14-4-2-10-23-14)17(22)18-13-6-8-20(9-7-13)16(21)15-5-3-11-24-15/h2-5,10-11,13H,6-9,12H2,1H3,(H,18,22). The van der Waals surface area contributed by atoms with Crippen LogP contribution in [0.2, 0.25) is 0 Å². The Hall–Kier alpha value is -2.70. The van der Waals surface area contributed by atoms with Crippen molar-refractivity contribution in [3.05, 3.63) is 48.3 Å². The Bertz CT molecular complexity index is 658. The highest BCUT2D eigenvalue weighted by atomic mass is 16.3. The molecule has 2 aromatic rings. The summed E-state index contributed by atoms with van der Waals surface area (Å²) in [5.41, 5.74) is 0. The van der Waals surface area contributed by atoms with Crippen LogP contribution in [-0.2, 0) is 6.54 Å². The van der Waals surface area contributed by atoms with Crippen molar-refractivity contribution in [3.63, 3.8) is 0 Å². The van der Waals surface area contributed by atoms with E-state index in [2.05, 4.69) is 5.32 Å². The molecule has 0 saturated carbocycles. The number of furan rings is 2. The molecule has 0 bridgehead atoms. The SMILES string of the molecule is CN(Cc1ccco1)C(=O)NC1CCN(C(=O)c2ccco2)CC1. The number of carbonyl (C=O) groups excluding carboxylic acids is 2. The third-order valence-electron chi connectivity index (χ3n) is 4.16. The van der Waals surface area contributed by atoms with E-state index >= 15 is 0 Å². The second-order valence-corrected chi connectivity index (χ2v) is 5.93. The summed E-state index contributed by atoms with van der Waals surface area (Å²) in [6.07, 6.45) is 4.54. The lowest BCUT2D eigenvalue weighted by Gasteiger charge is -2.32. The minimum Gasteiger partial charge on any atom is -0.467 e. The third kappa shape index (κ3) is 3.79. The molecule has 1 fully saturated rings. The van der Waals surface area contributed by atoms with Gasteiger partial charge < -0.3 is 24.0 Å². The van der Waals surface area contributed by atoms with Crippen LogP contribution in [0, 0.1) is 0 Å². The van der Waals surface area contributed by atoms with E-state index in [9.17, 15) is 9.59 Å². The average molecular weight is 331 g/mol. The lowest BCUT2D eigenvalue weighted by Crippen LogP contribution is -2.49. The van der Waals surface area contributed by atoms with Crippen LogP contribution in [0.1, 0.15) is 29.2 Å². The van der Waals surface area contributed by atoms with Crippen molar-refractivity contribution in [2.75, 3.05) is 20.1 Å². The number of amides is 3. The number of hydrogen-bond acceptors (Lipinski definition) is 4. The van der Waals surface area contributed by atoms with E-state index in [4.69, 9.17) is 8.83 Å². The number of nitrogens with one attached hydrogen (secondary N) is 1. The predicted octanol–water partition coefficient (Wildman–Crippen LogP) is 2.32. The molecule has 1 saturated heterocycles. The minimum absolute atomic E-state index is 0.0669. The van der Waals surface area contributed by atoms with E-state index in [1.54, 1.807) is 41.3 Å². The first-order valence-corrected chi connectivity index (χ1v) is 8.00. The topological polar surface area (TPSA) is 78.9 Å². The van der Waals surface area contributed by atoms with Crippen LogP contribution in [0.5, 0.6) is 0 Å². The average Bonchev–Trinajstić information content (AvgIpc) is 3.28. The molecule has 0 aromatic carbocycles. The zero-order chi connectivity index (χ0) is 16.9. The van der Waals surface area contributed by atoms with Gasteiger partial charge in [-0.1, -0.05) is 0 Å². The summed E-state index contributed by atoms with van der Waals surface area (Å²) in [6, 6.07) is 6.93. The molecule has 3 amide bonds. The Morgan fingerprint density at radius 3 is 2.54 bits per heavy atom. The summed E-state index contributed by atoms with van der Waals surface area (Å²) in [4.78, 5) is 27.8. The summed E-state index contributed by atoms with van der Waals surface area (Å²) in [6.45, 7) is 1.63. The number of nitrogens with zero attached hydrogens (tertiary/aromatic N) is 2. The number of rotatable bonds is 4. The normalized spacial score (nSPS) is 15.3. The van der Waals surface area contributed by atoms with Gasteiger partial charge >= 0.3 is 6.03 Å². The van der Waals surface area contributed by atoms with Gasteiger partial charge in [0.2, 0.25) is 0 Å². The number of likely N-dealkylation sites (tertiary alicyclic amines) is 1. The molecule has 24 heavy (non-hydrogen) atoms. The largest absolute Gasteiger partial charge is 0.467 e. The third-order valence-corrected chi connectivity index (χ3v) is 4.16. The van der Waals surface area contributed by atoms with Gasteiger partial charge in [0.25, 0.3) is 5.91 Å². The molecule has 2 aromatic heterocycles. The molecule has 7 heteroatoms. The molecule has 1 aliphatic rings. The molecule has 1 N–H and O–H groups in total. The number of urea groups is 1. The monoisotopic (exact) mass is 331 g/mol.